The molecule has 1 N–H and O–H groups in total. The highest BCUT2D eigenvalue weighted by Gasteiger charge is 2.16. The van der Waals surface area contributed by atoms with Crippen LogP contribution in [0.1, 0.15) is 168 Å². The van der Waals surface area contributed by atoms with Gasteiger partial charge >= 0.3 is 11.9 Å². The Labute approximate surface area is 259 Å². The van der Waals surface area contributed by atoms with Crippen molar-refractivity contribution >= 4 is 11.9 Å². The fourth-order valence-corrected chi connectivity index (χ4v) is 4.74. The molecule has 0 spiro atoms. The van der Waals surface area contributed by atoms with Gasteiger partial charge in [0.25, 0.3) is 0 Å². The summed E-state index contributed by atoms with van der Waals surface area (Å²) < 4.78 is 10.5. The van der Waals surface area contributed by atoms with Gasteiger partial charge in [0.2, 0.25) is 0 Å². The van der Waals surface area contributed by atoms with Crippen LogP contribution in [0.5, 0.6) is 0 Å². The number of carbonyl (C=O) groups excluding carboxylic acids is 2. The molecule has 0 saturated heterocycles. The Balaban J connectivity index is 3.59. The number of aliphatic hydroxyl groups is 1. The van der Waals surface area contributed by atoms with Gasteiger partial charge in [0.15, 0.2) is 6.10 Å². The summed E-state index contributed by atoms with van der Waals surface area (Å²) in [6.45, 7) is 4.05. The highest BCUT2D eigenvalue weighted by atomic mass is 16.6. The van der Waals surface area contributed by atoms with Gasteiger partial charge in [0.05, 0.1) is 6.61 Å². The van der Waals surface area contributed by atoms with Crippen molar-refractivity contribution in [3.63, 3.8) is 0 Å². The molecule has 0 rings (SSSR count). The summed E-state index contributed by atoms with van der Waals surface area (Å²) in [7, 11) is 0. The first kappa shape index (κ1) is 40.1. The third-order valence-corrected chi connectivity index (χ3v) is 7.44. The Bertz CT molecular complexity index is 682. The topological polar surface area (TPSA) is 72.8 Å². The minimum absolute atomic E-state index is 0.0705. The number of hydrogen-bond acceptors (Lipinski definition) is 5. The second-order valence-electron chi connectivity index (χ2n) is 11.6. The van der Waals surface area contributed by atoms with Gasteiger partial charge in [-0.15, -0.1) is 0 Å². The fraction of sp³-hybridized carbons (Fsp3) is 0.784. The molecule has 0 radical (unpaired) electrons. The normalized spacial score (nSPS) is 12.5. The van der Waals surface area contributed by atoms with Crippen molar-refractivity contribution < 1.29 is 24.2 Å². The minimum Gasteiger partial charge on any atom is -0.462 e. The van der Waals surface area contributed by atoms with E-state index in [-0.39, 0.29) is 25.2 Å². The third-order valence-electron chi connectivity index (χ3n) is 7.44. The maximum atomic E-state index is 12.1. The zero-order valence-corrected chi connectivity index (χ0v) is 27.5. The Morgan fingerprint density at radius 3 is 1.43 bits per heavy atom. The number of allylic oxidation sites excluding steroid dienone is 6. The SMILES string of the molecule is CCCCCCC/C=C\C/C=C\C/C=C\CCCCCCCCC(=O)OC(CO)COC(=O)CCCCCCCCC. The molecule has 0 amide bonds. The van der Waals surface area contributed by atoms with E-state index in [9.17, 15) is 14.7 Å². The molecule has 0 fully saturated rings. The van der Waals surface area contributed by atoms with Crippen LogP contribution in [0.3, 0.4) is 0 Å². The predicted molar refractivity (Wildman–Crippen MR) is 178 cm³/mol. The van der Waals surface area contributed by atoms with Crippen molar-refractivity contribution in [3.05, 3.63) is 36.5 Å². The molecule has 244 valence electrons. The monoisotopic (exact) mass is 590 g/mol. The Morgan fingerprint density at radius 1 is 0.548 bits per heavy atom. The van der Waals surface area contributed by atoms with E-state index in [1.807, 2.05) is 0 Å². The number of unbranched alkanes of at least 4 members (excludes halogenated alkanes) is 17. The van der Waals surface area contributed by atoms with Crippen LogP contribution in [-0.4, -0.2) is 36.4 Å². The van der Waals surface area contributed by atoms with Crippen molar-refractivity contribution in [2.24, 2.45) is 0 Å². The maximum absolute atomic E-state index is 12.1. The van der Waals surface area contributed by atoms with Gasteiger partial charge in [0.1, 0.15) is 6.61 Å². The lowest BCUT2D eigenvalue weighted by Gasteiger charge is -2.15. The molecule has 0 saturated carbocycles. The molecule has 0 aromatic heterocycles. The molecule has 0 aliphatic rings. The summed E-state index contributed by atoms with van der Waals surface area (Å²) in [6, 6.07) is 0. The lowest BCUT2D eigenvalue weighted by Crippen LogP contribution is -2.28. The molecule has 5 heteroatoms. The molecule has 42 heavy (non-hydrogen) atoms. The van der Waals surface area contributed by atoms with Crippen molar-refractivity contribution in [1.82, 2.24) is 0 Å². The fourth-order valence-electron chi connectivity index (χ4n) is 4.74. The summed E-state index contributed by atoms with van der Waals surface area (Å²) >= 11 is 0. The first-order valence-corrected chi connectivity index (χ1v) is 17.5. The van der Waals surface area contributed by atoms with Crippen molar-refractivity contribution in [2.75, 3.05) is 13.2 Å². The molecule has 0 aliphatic heterocycles. The van der Waals surface area contributed by atoms with Crippen molar-refractivity contribution in [2.45, 2.75) is 174 Å². The van der Waals surface area contributed by atoms with Gasteiger partial charge in [-0.1, -0.05) is 140 Å². The van der Waals surface area contributed by atoms with Crippen molar-refractivity contribution in [1.29, 1.82) is 0 Å². The zero-order chi connectivity index (χ0) is 30.8. The average Bonchev–Trinajstić information content (AvgIpc) is 2.99. The number of carbonyl (C=O) groups is 2. The van der Waals surface area contributed by atoms with E-state index in [1.165, 1.54) is 83.5 Å². The number of esters is 2. The summed E-state index contributed by atoms with van der Waals surface area (Å²) in [6.07, 6.45) is 39.3. The van der Waals surface area contributed by atoms with E-state index in [0.29, 0.717) is 12.8 Å². The largest absolute Gasteiger partial charge is 0.462 e. The molecule has 0 aromatic carbocycles. The summed E-state index contributed by atoms with van der Waals surface area (Å²) in [4.78, 5) is 24.0. The highest BCUT2D eigenvalue weighted by molar-refractivity contribution is 5.70. The summed E-state index contributed by atoms with van der Waals surface area (Å²) in [5, 5.41) is 9.47. The number of ether oxygens (including phenoxy) is 2. The van der Waals surface area contributed by atoms with Crippen molar-refractivity contribution in [3.8, 4) is 0 Å². The van der Waals surface area contributed by atoms with Crippen LogP contribution < -0.4 is 0 Å². The lowest BCUT2D eigenvalue weighted by atomic mass is 10.1. The summed E-state index contributed by atoms with van der Waals surface area (Å²) in [5.74, 6) is -0.613. The van der Waals surface area contributed by atoms with Crippen LogP contribution in [-0.2, 0) is 19.1 Å². The number of aliphatic hydroxyl groups excluding tert-OH is 1. The predicted octanol–water partition coefficient (Wildman–Crippen LogP) is 10.5. The van der Waals surface area contributed by atoms with E-state index in [4.69, 9.17) is 9.47 Å². The quantitative estimate of drug-likeness (QED) is 0.0494. The van der Waals surface area contributed by atoms with Gasteiger partial charge in [-0.25, -0.2) is 0 Å². The van der Waals surface area contributed by atoms with Gasteiger partial charge in [-0.05, 0) is 51.4 Å². The van der Waals surface area contributed by atoms with Crippen LogP contribution in [0.4, 0.5) is 0 Å². The van der Waals surface area contributed by atoms with Gasteiger partial charge in [0, 0.05) is 12.8 Å². The minimum atomic E-state index is -0.772. The molecule has 0 aliphatic carbocycles. The molecular weight excluding hydrogens is 524 g/mol. The smallest absolute Gasteiger partial charge is 0.306 e. The maximum Gasteiger partial charge on any atom is 0.306 e. The van der Waals surface area contributed by atoms with Crippen LogP contribution in [0.25, 0.3) is 0 Å². The molecule has 1 unspecified atom stereocenters. The molecule has 0 heterocycles. The van der Waals surface area contributed by atoms with E-state index >= 15 is 0 Å². The Kier molecular flexibility index (Phi) is 32.1. The van der Waals surface area contributed by atoms with Gasteiger partial charge < -0.3 is 14.6 Å². The molecule has 0 aromatic rings. The second kappa shape index (κ2) is 33.6. The van der Waals surface area contributed by atoms with Gasteiger partial charge in [-0.3, -0.25) is 9.59 Å². The first-order chi connectivity index (χ1) is 20.6. The zero-order valence-electron chi connectivity index (χ0n) is 27.5. The number of rotatable bonds is 31. The van der Waals surface area contributed by atoms with E-state index in [1.54, 1.807) is 0 Å². The third kappa shape index (κ3) is 31.1. The first-order valence-electron chi connectivity index (χ1n) is 17.5. The average molecular weight is 591 g/mol. The standard InChI is InChI=1S/C37H66O5/c1-3-5-7-9-11-12-13-14-15-16-17-18-19-20-21-22-23-24-26-28-30-32-37(40)42-35(33-38)34-41-36(39)31-29-27-25-10-8-6-4-2/h13-14,16-17,19-20,35,38H,3-12,15,18,21-34H2,1-2H3/b14-13-,17-16-,20-19-. The van der Waals surface area contributed by atoms with E-state index in [0.717, 1.165) is 57.8 Å². The van der Waals surface area contributed by atoms with Crippen LogP contribution in [0.15, 0.2) is 36.5 Å². The lowest BCUT2D eigenvalue weighted by molar-refractivity contribution is -0.161. The summed E-state index contributed by atoms with van der Waals surface area (Å²) in [5.41, 5.74) is 0. The number of hydrogen-bond donors (Lipinski definition) is 1. The van der Waals surface area contributed by atoms with E-state index in [2.05, 4.69) is 50.3 Å². The van der Waals surface area contributed by atoms with Gasteiger partial charge in [-0.2, -0.15) is 0 Å². The van der Waals surface area contributed by atoms with Crippen LogP contribution in [0, 0.1) is 0 Å². The molecular formula is C37H66O5. The van der Waals surface area contributed by atoms with E-state index < -0.39 is 6.10 Å². The molecule has 1 atom stereocenters. The van der Waals surface area contributed by atoms with Crippen LogP contribution >= 0.6 is 0 Å². The second-order valence-corrected chi connectivity index (χ2v) is 11.6. The highest BCUT2D eigenvalue weighted by Crippen LogP contribution is 2.12. The molecule has 0 bridgehead atoms. The Morgan fingerprint density at radius 2 is 0.952 bits per heavy atom. The molecule has 5 nitrogen and oxygen atoms in total. The van der Waals surface area contributed by atoms with Crippen LogP contribution in [0.2, 0.25) is 0 Å². The Hall–Kier alpha value is -1.88.